The Balaban J connectivity index is 1.61. The average Bonchev–Trinajstić information content (AvgIpc) is 3.13. The Labute approximate surface area is 169 Å². The van der Waals surface area contributed by atoms with Gasteiger partial charge < -0.3 is 10.6 Å². The molecule has 1 heterocycles. The number of amides is 2. The third-order valence-corrected chi connectivity index (χ3v) is 4.83. The Hall–Kier alpha value is -2.86. The van der Waals surface area contributed by atoms with Crippen LogP contribution in [0.5, 0.6) is 0 Å². The number of aryl methyl sites for hydroxylation is 1. The first kappa shape index (κ1) is 19.9. The number of nitrogens with zero attached hydrogens (tertiary/aromatic N) is 3. The molecule has 0 aliphatic carbocycles. The van der Waals surface area contributed by atoms with Crippen LogP contribution in [0.25, 0.3) is 5.69 Å². The SMILES string of the molecule is Cc1c(Cl)cccc1NC(=O)Nc1ccc(-n2cc(CCC(C)C)nn2)cc1. The van der Waals surface area contributed by atoms with Crippen LogP contribution in [0.4, 0.5) is 16.2 Å². The monoisotopic (exact) mass is 397 g/mol. The van der Waals surface area contributed by atoms with Crippen molar-refractivity contribution in [2.45, 2.75) is 33.6 Å². The Bertz CT molecular complexity index is 950. The molecule has 0 aliphatic heterocycles. The van der Waals surface area contributed by atoms with E-state index in [0.29, 0.717) is 22.3 Å². The van der Waals surface area contributed by atoms with Gasteiger partial charge in [-0.25, -0.2) is 9.48 Å². The summed E-state index contributed by atoms with van der Waals surface area (Å²) in [6.07, 6.45) is 3.95. The molecule has 1 aromatic heterocycles. The number of hydrogen-bond acceptors (Lipinski definition) is 3. The van der Waals surface area contributed by atoms with E-state index >= 15 is 0 Å². The fourth-order valence-electron chi connectivity index (χ4n) is 2.70. The van der Waals surface area contributed by atoms with E-state index in [1.807, 2.05) is 43.5 Å². The van der Waals surface area contributed by atoms with E-state index in [0.717, 1.165) is 29.8 Å². The number of aromatic nitrogens is 3. The number of nitrogens with one attached hydrogen (secondary N) is 2. The van der Waals surface area contributed by atoms with E-state index in [4.69, 9.17) is 11.6 Å². The van der Waals surface area contributed by atoms with Gasteiger partial charge in [0.1, 0.15) is 0 Å². The maximum absolute atomic E-state index is 12.2. The second-order valence-corrected chi connectivity index (χ2v) is 7.53. The molecule has 6 nitrogen and oxygen atoms in total. The first-order chi connectivity index (χ1) is 13.4. The molecule has 28 heavy (non-hydrogen) atoms. The molecule has 0 atom stereocenters. The highest BCUT2D eigenvalue weighted by atomic mass is 35.5. The van der Waals surface area contributed by atoms with Crippen LogP contribution in [-0.2, 0) is 6.42 Å². The van der Waals surface area contributed by atoms with Gasteiger partial charge in [-0.05, 0) is 67.6 Å². The van der Waals surface area contributed by atoms with E-state index < -0.39 is 0 Å². The lowest BCUT2D eigenvalue weighted by Gasteiger charge is -2.11. The second kappa shape index (κ2) is 8.89. The zero-order chi connectivity index (χ0) is 20.1. The van der Waals surface area contributed by atoms with Gasteiger partial charge in [0.15, 0.2) is 0 Å². The van der Waals surface area contributed by atoms with E-state index in [1.54, 1.807) is 16.8 Å². The lowest BCUT2D eigenvalue weighted by Crippen LogP contribution is -2.20. The van der Waals surface area contributed by atoms with Gasteiger partial charge in [0.05, 0.1) is 17.6 Å². The Morgan fingerprint density at radius 3 is 2.61 bits per heavy atom. The third kappa shape index (κ3) is 5.10. The van der Waals surface area contributed by atoms with Crippen molar-refractivity contribution >= 4 is 29.0 Å². The van der Waals surface area contributed by atoms with Crippen LogP contribution in [-0.4, -0.2) is 21.0 Å². The van der Waals surface area contributed by atoms with Crippen molar-refractivity contribution in [3.8, 4) is 5.69 Å². The van der Waals surface area contributed by atoms with Crippen molar-refractivity contribution in [1.29, 1.82) is 0 Å². The number of carbonyl (C=O) groups excluding carboxylic acids is 1. The zero-order valence-electron chi connectivity index (χ0n) is 16.2. The molecule has 2 amide bonds. The molecule has 0 aliphatic rings. The van der Waals surface area contributed by atoms with E-state index in [2.05, 4.69) is 34.8 Å². The molecule has 0 spiro atoms. The van der Waals surface area contributed by atoms with E-state index in [-0.39, 0.29) is 6.03 Å². The summed E-state index contributed by atoms with van der Waals surface area (Å²) < 4.78 is 1.74. The number of benzene rings is 2. The van der Waals surface area contributed by atoms with Crippen molar-refractivity contribution in [2.24, 2.45) is 5.92 Å². The van der Waals surface area contributed by atoms with Crippen molar-refractivity contribution in [2.75, 3.05) is 10.6 Å². The molecule has 0 radical (unpaired) electrons. The van der Waals surface area contributed by atoms with Gasteiger partial charge in [-0.15, -0.1) is 5.10 Å². The smallest absolute Gasteiger partial charge is 0.308 e. The van der Waals surface area contributed by atoms with Crippen LogP contribution < -0.4 is 10.6 Å². The fourth-order valence-corrected chi connectivity index (χ4v) is 2.88. The lowest BCUT2D eigenvalue weighted by atomic mass is 10.1. The standard InChI is InChI=1S/C21H24ClN5O/c1-14(2)7-8-17-13-27(26-25-17)18-11-9-16(10-12-18)23-21(28)24-20-6-4-5-19(22)15(20)3/h4-6,9-14H,7-8H2,1-3H3,(H2,23,24,28). The fraction of sp³-hybridized carbons (Fsp3) is 0.286. The summed E-state index contributed by atoms with van der Waals surface area (Å²) in [5, 5.41) is 14.6. The molecule has 2 N–H and O–H groups in total. The minimum absolute atomic E-state index is 0.324. The molecule has 7 heteroatoms. The molecule has 3 aromatic rings. The first-order valence-electron chi connectivity index (χ1n) is 9.27. The van der Waals surface area contributed by atoms with Crippen LogP contribution in [0, 0.1) is 12.8 Å². The lowest BCUT2D eigenvalue weighted by molar-refractivity contribution is 0.262. The summed E-state index contributed by atoms with van der Waals surface area (Å²) in [6, 6.07) is 12.5. The van der Waals surface area contributed by atoms with Gasteiger partial charge >= 0.3 is 6.03 Å². The molecule has 146 valence electrons. The normalized spacial score (nSPS) is 10.9. The van der Waals surface area contributed by atoms with Gasteiger partial charge in [0.25, 0.3) is 0 Å². The number of urea groups is 1. The van der Waals surface area contributed by atoms with Gasteiger partial charge in [0, 0.05) is 16.4 Å². The average molecular weight is 398 g/mol. The van der Waals surface area contributed by atoms with Crippen molar-refractivity contribution < 1.29 is 4.79 Å². The Morgan fingerprint density at radius 1 is 1.14 bits per heavy atom. The van der Waals surface area contributed by atoms with Crippen LogP contribution in [0.1, 0.15) is 31.5 Å². The van der Waals surface area contributed by atoms with E-state index in [9.17, 15) is 4.79 Å². The maximum Gasteiger partial charge on any atom is 0.323 e. The quantitative estimate of drug-likeness (QED) is 0.579. The Kier molecular flexibility index (Phi) is 6.31. The molecular formula is C21H24ClN5O. The van der Waals surface area contributed by atoms with Crippen molar-refractivity contribution in [3.63, 3.8) is 0 Å². The molecule has 0 fully saturated rings. The topological polar surface area (TPSA) is 71.8 Å². The van der Waals surface area contributed by atoms with Crippen LogP contribution in [0.15, 0.2) is 48.7 Å². The Morgan fingerprint density at radius 2 is 1.89 bits per heavy atom. The maximum atomic E-state index is 12.2. The minimum Gasteiger partial charge on any atom is -0.308 e. The minimum atomic E-state index is -0.324. The highest BCUT2D eigenvalue weighted by molar-refractivity contribution is 6.31. The molecule has 0 unspecified atom stereocenters. The molecule has 0 bridgehead atoms. The highest BCUT2D eigenvalue weighted by Gasteiger charge is 2.08. The van der Waals surface area contributed by atoms with Gasteiger partial charge in [0.2, 0.25) is 0 Å². The molecule has 0 saturated heterocycles. The van der Waals surface area contributed by atoms with E-state index in [1.165, 1.54) is 0 Å². The number of halogens is 1. The second-order valence-electron chi connectivity index (χ2n) is 7.13. The summed E-state index contributed by atoms with van der Waals surface area (Å²) >= 11 is 6.08. The van der Waals surface area contributed by atoms with Crippen molar-refractivity contribution in [1.82, 2.24) is 15.0 Å². The van der Waals surface area contributed by atoms with Gasteiger partial charge in [-0.2, -0.15) is 0 Å². The molecular weight excluding hydrogens is 374 g/mol. The number of hydrogen-bond donors (Lipinski definition) is 2. The number of rotatable bonds is 6. The van der Waals surface area contributed by atoms with Gasteiger partial charge in [-0.3, -0.25) is 0 Å². The van der Waals surface area contributed by atoms with Crippen LogP contribution >= 0.6 is 11.6 Å². The summed E-state index contributed by atoms with van der Waals surface area (Å²) in [4.78, 5) is 12.2. The predicted molar refractivity (Wildman–Crippen MR) is 113 cm³/mol. The summed E-state index contributed by atoms with van der Waals surface area (Å²) in [6.45, 7) is 6.25. The largest absolute Gasteiger partial charge is 0.323 e. The molecule has 3 rings (SSSR count). The molecule has 2 aromatic carbocycles. The summed E-state index contributed by atoms with van der Waals surface area (Å²) in [7, 11) is 0. The van der Waals surface area contributed by atoms with Crippen LogP contribution in [0.2, 0.25) is 5.02 Å². The predicted octanol–water partition coefficient (Wildman–Crippen LogP) is 5.46. The van der Waals surface area contributed by atoms with Crippen LogP contribution in [0.3, 0.4) is 0 Å². The number of carbonyl (C=O) groups is 1. The number of anilines is 2. The van der Waals surface area contributed by atoms with Gasteiger partial charge in [-0.1, -0.05) is 36.7 Å². The van der Waals surface area contributed by atoms with Crippen molar-refractivity contribution in [3.05, 3.63) is 64.9 Å². The zero-order valence-corrected chi connectivity index (χ0v) is 17.0. The summed E-state index contributed by atoms with van der Waals surface area (Å²) in [5.41, 5.74) is 4.06. The highest BCUT2D eigenvalue weighted by Crippen LogP contribution is 2.23. The molecule has 0 saturated carbocycles. The summed E-state index contributed by atoms with van der Waals surface area (Å²) in [5.74, 6) is 0.636. The third-order valence-electron chi connectivity index (χ3n) is 4.42. The first-order valence-corrected chi connectivity index (χ1v) is 9.65.